The smallest absolute Gasteiger partial charge is 0.119 e. The number of hydrogen-bond acceptors (Lipinski definition) is 2. The molecule has 0 bridgehead atoms. The summed E-state index contributed by atoms with van der Waals surface area (Å²) in [7, 11) is 0. The number of ether oxygens (including phenoxy) is 2. The van der Waals surface area contributed by atoms with Gasteiger partial charge in [-0.1, -0.05) is 96.1 Å². The van der Waals surface area contributed by atoms with Crippen LogP contribution in [0.3, 0.4) is 0 Å². The molecule has 0 aliphatic heterocycles. The Morgan fingerprint density at radius 3 is 1.16 bits per heavy atom. The van der Waals surface area contributed by atoms with Crippen LogP contribution < -0.4 is 9.47 Å². The zero-order chi connectivity index (χ0) is 22.2. The quantitative estimate of drug-likeness (QED) is 0.273. The lowest BCUT2D eigenvalue weighted by Gasteiger charge is -2.07. The van der Waals surface area contributed by atoms with Crippen molar-refractivity contribution >= 4 is 12.2 Å². The molecule has 4 rings (SSSR count). The van der Waals surface area contributed by atoms with Crippen LogP contribution in [0, 0.1) is 13.8 Å². The molecule has 0 spiro atoms. The maximum atomic E-state index is 5.89. The van der Waals surface area contributed by atoms with E-state index in [0.29, 0.717) is 13.2 Å². The molecular formula is C30H28O2. The number of benzene rings is 4. The molecule has 0 aromatic heterocycles. The molecule has 0 saturated heterocycles. The second kappa shape index (κ2) is 10.5. The van der Waals surface area contributed by atoms with Crippen molar-refractivity contribution in [3.05, 3.63) is 130 Å². The molecule has 32 heavy (non-hydrogen) atoms. The van der Waals surface area contributed by atoms with Crippen molar-refractivity contribution in [3.8, 4) is 11.5 Å². The summed E-state index contributed by atoms with van der Waals surface area (Å²) in [6, 6.07) is 33.2. The van der Waals surface area contributed by atoms with Gasteiger partial charge in [-0.25, -0.2) is 0 Å². The van der Waals surface area contributed by atoms with E-state index in [4.69, 9.17) is 9.47 Å². The summed E-state index contributed by atoms with van der Waals surface area (Å²) < 4.78 is 11.8. The van der Waals surface area contributed by atoms with E-state index in [9.17, 15) is 0 Å². The third kappa shape index (κ3) is 6.36. The number of aryl methyl sites for hydroxylation is 2. The molecule has 160 valence electrons. The predicted octanol–water partition coefficient (Wildman–Crippen LogP) is 7.63. The van der Waals surface area contributed by atoms with Gasteiger partial charge in [-0.2, -0.15) is 0 Å². The van der Waals surface area contributed by atoms with Crippen LogP contribution in [-0.2, 0) is 13.2 Å². The van der Waals surface area contributed by atoms with Crippen molar-refractivity contribution in [1.29, 1.82) is 0 Å². The fourth-order valence-electron chi connectivity index (χ4n) is 3.24. The average Bonchev–Trinajstić information content (AvgIpc) is 2.83. The van der Waals surface area contributed by atoms with Gasteiger partial charge >= 0.3 is 0 Å². The number of hydrogen-bond donors (Lipinski definition) is 0. The van der Waals surface area contributed by atoms with E-state index in [1.807, 2.05) is 24.3 Å². The summed E-state index contributed by atoms with van der Waals surface area (Å²) in [5, 5.41) is 0. The molecule has 2 heteroatoms. The van der Waals surface area contributed by atoms with Crippen molar-refractivity contribution in [1.82, 2.24) is 0 Å². The zero-order valence-electron chi connectivity index (χ0n) is 18.6. The van der Waals surface area contributed by atoms with Gasteiger partial charge in [0.15, 0.2) is 0 Å². The maximum Gasteiger partial charge on any atom is 0.119 e. The van der Waals surface area contributed by atoms with Gasteiger partial charge in [-0.15, -0.1) is 0 Å². The molecular weight excluding hydrogens is 392 g/mol. The second-order valence-corrected chi connectivity index (χ2v) is 8.02. The van der Waals surface area contributed by atoms with Crippen molar-refractivity contribution in [3.63, 3.8) is 0 Å². The Bertz CT molecular complexity index is 1040. The van der Waals surface area contributed by atoms with Crippen molar-refractivity contribution < 1.29 is 9.47 Å². The van der Waals surface area contributed by atoms with Crippen LogP contribution in [0.1, 0.15) is 33.4 Å². The Morgan fingerprint density at radius 2 is 0.812 bits per heavy atom. The molecule has 0 fully saturated rings. The van der Waals surface area contributed by atoms with E-state index in [1.54, 1.807) is 0 Å². The molecule has 4 aromatic rings. The van der Waals surface area contributed by atoms with Gasteiger partial charge in [-0.3, -0.25) is 0 Å². The Labute approximate surface area is 190 Å². The fourth-order valence-corrected chi connectivity index (χ4v) is 3.24. The summed E-state index contributed by atoms with van der Waals surface area (Å²) in [5.41, 5.74) is 7.13. The third-order valence-electron chi connectivity index (χ3n) is 5.28. The molecule has 2 nitrogen and oxygen atoms in total. The van der Waals surface area contributed by atoms with Crippen LogP contribution in [0.15, 0.2) is 97.1 Å². The van der Waals surface area contributed by atoms with Crippen LogP contribution in [0.2, 0.25) is 0 Å². The summed E-state index contributed by atoms with van der Waals surface area (Å²) >= 11 is 0. The predicted molar refractivity (Wildman–Crippen MR) is 133 cm³/mol. The minimum atomic E-state index is 0.577. The van der Waals surface area contributed by atoms with E-state index >= 15 is 0 Å². The van der Waals surface area contributed by atoms with Crippen LogP contribution >= 0.6 is 0 Å². The topological polar surface area (TPSA) is 18.5 Å². The first-order valence-corrected chi connectivity index (χ1v) is 10.9. The molecule has 0 heterocycles. The van der Waals surface area contributed by atoms with Crippen LogP contribution in [0.4, 0.5) is 0 Å². The van der Waals surface area contributed by atoms with Gasteiger partial charge in [0.2, 0.25) is 0 Å². The lowest BCUT2D eigenvalue weighted by Crippen LogP contribution is -1.95. The first-order chi connectivity index (χ1) is 15.6. The fraction of sp³-hybridized carbons (Fsp3) is 0.133. The third-order valence-corrected chi connectivity index (χ3v) is 5.28. The minimum absolute atomic E-state index is 0.577. The minimum Gasteiger partial charge on any atom is -0.489 e. The van der Waals surface area contributed by atoms with Crippen LogP contribution in [0.25, 0.3) is 12.2 Å². The molecule has 0 amide bonds. The molecule has 0 atom stereocenters. The molecule has 0 N–H and O–H groups in total. The van der Waals surface area contributed by atoms with Crippen LogP contribution in [-0.4, -0.2) is 0 Å². The van der Waals surface area contributed by atoms with Gasteiger partial charge in [-0.05, 0) is 60.4 Å². The zero-order valence-corrected chi connectivity index (χ0v) is 18.6. The second-order valence-electron chi connectivity index (χ2n) is 8.02. The molecule has 0 aliphatic rings. The van der Waals surface area contributed by atoms with Gasteiger partial charge in [0, 0.05) is 0 Å². The highest BCUT2D eigenvalue weighted by atomic mass is 16.5. The van der Waals surface area contributed by atoms with Gasteiger partial charge in [0.1, 0.15) is 24.7 Å². The highest BCUT2D eigenvalue weighted by molar-refractivity contribution is 5.70. The first kappa shape index (κ1) is 21.5. The van der Waals surface area contributed by atoms with Gasteiger partial charge in [0.25, 0.3) is 0 Å². The normalized spacial score (nSPS) is 10.9. The van der Waals surface area contributed by atoms with Crippen LogP contribution in [0.5, 0.6) is 11.5 Å². The van der Waals surface area contributed by atoms with E-state index in [-0.39, 0.29) is 0 Å². The maximum absolute atomic E-state index is 5.89. The highest BCUT2D eigenvalue weighted by Crippen LogP contribution is 2.18. The monoisotopic (exact) mass is 420 g/mol. The lowest BCUT2D eigenvalue weighted by molar-refractivity contribution is 0.306. The summed E-state index contributed by atoms with van der Waals surface area (Å²) in [6.07, 6.45) is 4.21. The molecule has 0 radical (unpaired) electrons. The van der Waals surface area contributed by atoms with Gasteiger partial charge < -0.3 is 9.47 Å². The van der Waals surface area contributed by atoms with E-state index in [2.05, 4.69) is 98.8 Å². The first-order valence-electron chi connectivity index (χ1n) is 10.9. The summed E-state index contributed by atoms with van der Waals surface area (Å²) in [5.74, 6) is 1.75. The Morgan fingerprint density at radius 1 is 0.469 bits per heavy atom. The van der Waals surface area contributed by atoms with Crippen molar-refractivity contribution in [2.45, 2.75) is 27.1 Å². The largest absolute Gasteiger partial charge is 0.489 e. The standard InChI is InChI=1S/C30H28O2/c1-23-3-7-27(8-4-23)21-31-29-17-13-25(14-18-29)11-12-26-15-19-30(20-16-26)32-22-28-9-5-24(2)6-10-28/h3-20H,21-22H2,1-2H3/b12-11+. The summed E-state index contributed by atoms with van der Waals surface area (Å²) in [4.78, 5) is 0. The Kier molecular flexibility index (Phi) is 7.04. The van der Waals surface area contributed by atoms with E-state index in [0.717, 1.165) is 22.6 Å². The molecule has 0 aliphatic carbocycles. The summed E-state index contributed by atoms with van der Waals surface area (Å²) in [6.45, 7) is 5.33. The molecule has 0 unspecified atom stereocenters. The Hall–Kier alpha value is -3.78. The Balaban J connectivity index is 1.27. The van der Waals surface area contributed by atoms with Gasteiger partial charge in [0.05, 0.1) is 0 Å². The highest BCUT2D eigenvalue weighted by Gasteiger charge is 1.98. The average molecular weight is 421 g/mol. The van der Waals surface area contributed by atoms with E-state index < -0.39 is 0 Å². The van der Waals surface area contributed by atoms with E-state index in [1.165, 1.54) is 22.3 Å². The molecule has 0 saturated carbocycles. The van der Waals surface area contributed by atoms with Crippen molar-refractivity contribution in [2.24, 2.45) is 0 Å². The van der Waals surface area contributed by atoms with Crippen molar-refractivity contribution in [2.75, 3.05) is 0 Å². The number of rotatable bonds is 8. The molecule has 4 aromatic carbocycles. The SMILES string of the molecule is Cc1ccc(COc2ccc(/C=C/c3ccc(OCc4ccc(C)cc4)cc3)cc2)cc1. The lowest BCUT2D eigenvalue weighted by atomic mass is 10.1.